The molecule has 0 bridgehead atoms. The van der Waals surface area contributed by atoms with Crippen LogP contribution in [0.2, 0.25) is 0 Å². The van der Waals surface area contributed by atoms with Gasteiger partial charge in [0, 0.05) is 13.1 Å². The van der Waals surface area contributed by atoms with Crippen LogP contribution in [-0.2, 0) is 4.79 Å². The van der Waals surface area contributed by atoms with Crippen molar-refractivity contribution in [3.8, 4) is 0 Å². The van der Waals surface area contributed by atoms with E-state index in [0.717, 1.165) is 5.56 Å². The van der Waals surface area contributed by atoms with Crippen LogP contribution < -0.4 is 5.32 Å². The lowest BCUT2D eigenvalue weighted by Crippen LogP contribution is -2.47. The fourth-order valence-corrected chi connectivity index (χ4v) is 2.40. The Morgan fingerprint density at radius 1 is 1.45 bits per heavy atom. The number of aryl methyl sites for hydroxylation is 1. The molecule has 1 amide bonds. The van der Waals surface area contributed by atoms with Gasteiger partial charge in [-0.05, 0) is 44.4 Å². The van der Waals surface area contributed by atoms with Gasteiger partial charge in [-0.2, -0.15) is 0 Å². The van der Waals surface area contributed by atoms with Crippen molar-refractivity contribution in [2.75, 3.05) is 18.4 Å². The number of nitrogens with zero attached hydrogens (tertiary/aromatic N) is 1. The van der Waals surface area contributed by atoms with Crippen molar-refractivity contribution in [3.63, 3.8) is 0 Å². The highest BCUT2D eigenvalue weighted by Crippen LogP contribution is 2.18. The van der Waals surface area contributed by atoms with Gasteiger partial charge in [0.25, 0.3) is 0 Å². The molecule has 1 heterocycles. The summed E-state index contributed by atoms with van der Waals surface area (Å²) in [5, 5.41) is 12.1. The smallest absolute Gasteiger partial charge is 0.241 e. The first-order chi connectivity index (χ1) is 9.47. The highest BCUT2D eigenvalue weighted by Gasteiger charge is 2.26. The molecule has 0 spiro atoms. The second-order valence-electron chi connectivity index (χ2n) is 5.42. The third-order valence-electron chi connectivity index (χ3n) is 3.81. The zero-order chi connectivity index (χ0) is 14.7. The molecule has 2 rings (SSSR count). The normalized spacial score (nSPS) is 18.8. The van der Waals surface area contributed by atoms with Crippen molar-refractivity contribution in [2.24, 2.45) is 0 Å². The van der Waals surface area contributed by atoms with Gasteiger partial charge >= 0.3 is 0 Å². The Morgan fingerprint density at radius 3 is 2.70 bits per heavy atom. The van der Waals surface area contributed by atoms with Gasteiger partial charge in [0.2, 0.25) is 5.91 Å². The summed E-state index contributed by atoms with van der Waals surface area (Å²) in [4.78, 5) is 14.2. The van der Waals surface area contributed by atoms with E-state index < -0.39 is 5.82 Å². The number of nitrogens with one attached hydrogen (secondary N) is 1. The molecular formula is C15H21FN2O2. The van der Waals surface area contributed by atoms with Crippen molar-refractivity contribution in [1.29, 1.82) is 0 Å². The molecule has 0 aromatic heterocycles. The molecule has 0 saturated carbocycles. The fraction of sp³-hybridized carbons (Fsp3) is 0.533. The second-order valence-corrected chi connectivity index (χ2v) is 5.42. The SMILES string of the molecule is Cc1ccc(NC(=O)C(C)N2CCC(O)CC2)c(F)c1. The Kier molecular flexibility index (Phi) is 4.73. The van der Waals surface area contributed by atoms with Gasteiger partial charge < -0.3 is 10.4 Å². The topological polar surface area (TPSA) is 52.6 Å². The predicted octanol–water partition coefficient (Wildman–Crippen LogP) is 1.92. The molecule has 1 aliphatic rings. The molecule has 4 nitrogen and oxygen atoms in total. The molecule has 0 aliphatic carbocycles. The quantitative estimate of drug-likeness (QED) is 0.889. The summed E-state index contributed by atoms with van der Waals surface area (Å²) in [6.07, 6.45) is 1.09. The van der Waals surface area contributed by atoms with Crippen LogP contribution in [0.1, 0.15) is 25.3 Å². The van der Waals surface area contributed by atoms with Gasteiger partial charge in [0.1, 0.15) is 5.82 Å². The van der Waals surface area contributed by atoms with Crippen molar-refractivity contribution in [2.45, 2.75) is 38.8 Å². The molecule has 20 heavy (non-hydrogen) atoms. The number of hydrogen-bond acceptors (Lipinski definition) is 3. The van der Waals surface area contributed by atoms with Crippen LogP contribution >= 0.6 is 0 Å². The van der Waals surface area contributed by atoms with Crippen LogP contribution in [-0.4, -0.2) is 41.1 Å². The van der Waals surface area contributed by atoms with Crippen molar-refractivity contribution >= 4 is 11.6 Å². The molecule has 1 saturated heterocycles. The zero-order valence-electron chi connectivity index (χ0n) is 11.9. The molecule has 0 radical (unpaired) electrons. The molecule has 1 aromatic rings. The van der Waals surface area contributed by atoms with E-state index in [1.165, 1.54) is 6.07 Å². The number of carbonyl (C=O) groups is 1. The third-order valence-corrected chi connectivity index (χ3v) is 3.81. The van der Waals surface area contributed by atoms with E-state index in [-0.39, 0.29) is 23.7 Å². The summed E-state index contributed by atoms with van der Waals surface area (Å²) in [5.41, 5.74) is 1.03. The monoisotopic (exact) mass is 280 g/mol. The maximum atomic E-state index is 13.7. The summed E-state index contributed by atoms with van der Waals surface area (Å²) in [5.74, 6) is -0.635. The van der Waals surface area contributed by atoms with Crippen LogP contribution in [0.25, 0.3) is 0 Å². The number of benzene rings is 1. The minimum absolute atomic E-state index is 0.212. The third kappa shape index (κ3) is 3.55. The fourth-order valence-electron chi connectivity index (χ4n) is 2.40. The number of likely N-dealkylation sites (tertiary alicyclic amines) is 1. The number of amides is 1. The highest BCUT2D eigenvalue weighted by molar-refractivity contribution is 5.94. The van der Waals surface area contributed by atoms with Crippen molar-refractivity contribution < 1.29 is 14.3 Å². The van der Waals surface area contributed by atoms with E-state index >= 15 is 0 Å². The van der Waals surface area contributed by atoms with Crippen LogP contribution in [0.15, 0.2) is 18.2 Å². The Balaban J connectivity index is 1.97. The Labute approximate surface area is 118 Å². The minimum Gasteiger partial charge on any atom is -0.393 e. The van der Waals surface area contributed by atoms with E-state index in [4.69, 9.17) is 0 Å². The Morgan fingerprint density at radius 2 is 2.10 bits per heavy atom. The van der Waals surface area contributed by atoms with E-state index in [1.807, 2.05) is 4.90 Å². The Bertz CT molecular complexity index is 485. The van der Waals surface area contributed by atoms with Gasteiger partial charge in [0.15, 0.2) is 0 Å². The summed E-state index contributed by atoms with van der Waals surface area (Å²) < 4.78 is 13.7. The molecule has 2 N–H and O–H groups in total. The lowest BCUT2D eigenvalue weighted by molar-refractivity contribution is -0.121. The minimum atomic E-state index is -0.417. The molecule has 1 fully saturated rings. The summed E-state index contributed by atoms with van der Waals surface area (Å²) in [6, 6.07) is 4.41. The molecule has 1 atom stereocenters. The van der Waals surface area contributed by atoms with Gasteiger partial charge in [-0.15, -0.1) is 0 Å². The van der Waals surface area contributed by atoms with Gasteiger partial charge in [-0.25, -0.2) is 4.39 Å². The van der Waals surface area contributed by atoms with E-state index in [1.54, 1.807) is 26.0 Å². The highest BCUT2D eigenvalue weighted by atomic mass is 19.1. The summed E-state index contributed by atoms with van der Waals surface area (Å²) in [6.45, 7) is 4.98. The number of aliphatic hydroxyl groups excluding tert-OH is 1. The van der Waals surface area contributed by atoms with E-state index in [0.29, 0.717) is 25.9 Å². The number of hydrogen-bond donors (Lipinski definition) is 2. The summed E-state index contributed by atoms with van der Waals surface area (Å²) in [7, 11) is 0. The second kappa shape index (κ2) is 6.33. The number of piperidine rings is 1. The molecule has 1 aliphatic heterocycles. The van der Waals surface area contributed by atoms with Crippen LogP contribution in [0.4, 0.5) is 10.1 Å². The van der Waals surface area contributed by atoms with Crippen molar-refractivity contribution in [1.82, 2.24) is 4.90 Å². The van der Waals surface area contributed by atoms with E-state index in [2.05, 4.69) is 5.32 Å². The first-order valence-electron chi connectivity index (χ1n) is 6.96. The largest absolute Gasteiger partial charge is 0.393 e. The first kappa shape index (κ1) is 14.9. The van der Waals surface area contributed by atoms with Gasteiger partial charge in [-0.3, -0.25) is 9.69 Å². The first-order valence-corrected chi connectivity index (χ1v) is 6.96. The van der Waals surface area contributed by atoms with Crippen LogP contribution in [0.5, 0.6) is 0 Å². The van der Waals surface area contributed by atoms with Crippen LogP contribution in [0, 0.1) is 12.7 Å². The predicted molar refractivity (Wildman–Crippen MR) is 76.0 cm³/mol. The average Bonchev–Trinajstić information content (AvgIpc) is 2.42. The van der Waals surface area contributed by atoms with Crippen molar-refractivity contribution in [3.05, 3.63) is 29.6 Å². The average molecular weight is 280 g/mol. The number of halogens is 1. The lowest BCUT2D eigenvalue weighted by atomic mass is 10.1. The number of anilines is 1. The van der Waals surface area contributed by atoms with Gasteiger partial charge in [0.05, 0.1) is 17.8 Å². The number of aliphatic hydroxyl groups is 1. The molecule has 1 aromatic carbocycles. The standard InChI is InChI=1S/C15H21FN2O2/c1-10-3-4-14(13(16)9-10)17-15(20)11(2)18-7-5-12(19)6-8-18/h3-4,9,11-12,19H,5-8H2,1-2H3,(H,17,20). The van der Waals surface area contributed by atoms with Crippen LogP contribution in [0.3, 0.4) is 0 Å². The maximum absolute atomic E-state index is 13.7. The Hall–Kier alpha value is -1.46. The molecular weight excluding hydrogens is 259 g/mol. The summed E-state index contributed by atoms with van der Waals surface area (Å²) >= 11 is 0. The molecule has 5 heteroatoms. The molecule has 1 unspecified atom stereocenters. The zero-order valence-corrected chi connectivity index (χ0v) is 11.9. The van der Waals surface area contributed by atoms with E-state index in [9.17, 15) is 14.3 Å². The lowest BCUT2D eigenvalue weighted by Gasteiger charge is -2.33. The number of rotatable bonds is 3. The maximum Gasteiger partial charge on any atom is 0.241 e. The number of carbonyl (C=O) groups excluding carboxylic acids is 1. The molecule has 110 valence electrons. The van der Waals surface area contributed by atoms with Gasteiger partial charge in [-0.1, -0.05) is 6.07 Å².